The molecule has 0 radical (unpaired) electrons. The van der Waals surface area contributed by atoms with E-state index in [1.54, 1.807) is 11.0 Å². The minimum atomic E-state index is -0.877. The van der Waals surface area contributed by atoms with Crippen molar-refractivity contribution in [1.82, 2.24) is 10.2 Å². The molecule has 0 aliphatic carbocycles. The second-order valence-electron chi connectivity index (χ2n) is 6.08. The Morgan fingerprint density at radius 3 is 2.60 bits per heavy atom. The van der Waals surface area contributed by atoms with Crippen LogP contribution in [0.4, 0.5) is 8.78 Å². The maximum absolute atomic E-state index is 13.6. The molecular formula is C18H18F2N2O3. The summed E-state index contributed by atoms with van der Waals surface area (Å²) in [4.78, 5) is 26.0. The van der Waals surface area contributed by atoms with Gasteiger partial charge in [0, 0.05) is 25.7 Å². The number of halogens is 2. The fourth-order valence-corrected chi connectivity index (χ4v) is 2.91. The van der Waals surface area contributed by atoms with Gasteiger partial charge in [-0.1, -0.05) is 0 Å². The number of hydrogen-bond donors (Lipinski definition) is 1. The lowest BCUT2D eigenvalue weighted by atomic mass is 9.96. The Morgan fingerprint density at radius 2 is 1.96 bits per heavy atom. The molecule has 3 rings (SSSR count). The number of nitrogens with zero attached hydrogens (tertiary/aromatic N) is 1. The van der Waals surface area contributed by atoms with Crippen molar-refractivity contribution in [3.05, 3.63) is 59.6 Å². The van der Waals surface area contributed by atoms with Crippen LogP contribution in [0.25, 0.3) is 0 Å². The van der Waals surface area contributed by atoms with Gasteiger partial charge in [0.1, 0.15) is 17.9 Å². The summed E-state index contributed by atoms with van der Waals surface area (Å²) in [5.74, 6) is -2.01. The topological polar surface area (TPSA) is 62.6 Å². The van der Waals surface area contributed by atoms with Crippen LogP contribution in [0.3, 0.4) is 0 Å². The highest BCUT2D eigenvalue weighted by Crippen LogP contribution is 2.19. The van der Waals surface area contributed by atoms with Crippen LogP contribution in [-0.4, -0.2) is 36.3 Å². The minimum Gasteiger partial charge on any atom is -0.472 e. The van der Waals surface area contributed by atoms with Gasteiger partial charge < -0.3 is 14.6 Å². The number of likely N-dealkylation sites (tertiary alicyclic amines) is 1. The van der Waals surface area contributed by atoms with Crippen molar-refractivity contribution in [1.29, 1.82) is 0 Å². The van der Waals surface area contributed by atoms with Gasteiger partial charge >= 0.3 is 0 Å². The Balaban J connectivity index is 1.48. The van der Waals surface area contributed by atoms with Gasteiger partial charge in [0.2, 0.25) is 0 Å². The van der Waals surface area contributed by atoms with E-state index in [0.717, 1.165) is 25.0 Å². The number of carbonyl (C=O) groups excluding carboxylic acids is 2. The molecule has 1 saturated heterocycles. The maximum Gasteiger partial charge on any atom is 0.257 e. The largest absolute Gasteiger partial charge is 0.472 e. The molecule has 1 aromatic carbocycles. The van der Waals surface area contributed by atoms with E-state index in [4.69, 9.17) is 4.42 Å². The van der Waals surface area contributed by atoms with Crippen LogP contribution in [0.15, 0.2) is 41.2 Å². The number of furan rings is 1. The molecule has 0 bridgehead atoms. The van der Waals surface area contributed by atoms with Crippen LogP contribution in [0.1, 0.15) is 33.6 Å². The molecule has 1 N–H and O–H groups in total. The number of rotatable bonds is 4. The SMILES string of the molecule is O=C(NCC1CCN(C(=O)c2ccoc2)CC1)c1ccc(F)cc1F. The molecule has 5 nitrogen and oxygen atoms in total. The van der Waals surface area contributed by atoms with Gasteiger partial charge in [-0.3, -0.25) is 9.59 Å². The first-order valence-electron chi connectivity index (χ1n) is 8.09. The minimum absolute atomic E-state index is 0.0652. The van der Waals surface area contributed by atoms with E-state index >= 15 is 0 Å². The molecule has 25 heavy (non-hydrogen) atoms. The van der Waals surface area contributed by atoms with E-state index in [1.165, 1.54) is 12.5 Å². The van der Waals surface area contributed by atoms with Crippen molar-refractivity contribution in [3.63, 3.8) is 0 Å². The number of piperidine rings is 1. The van der Waals surface area contributed by atoms with Gasteiger partial charge in [-0.2, -0.15) is 0 Å². The normalized spacial score (nSPS) is 15.2. The molecule has 132 valence electrons. The zero-order valence-corrected chi connectivity index (χ0v) is 13.5. The van der Waals surface area contributed by atoms with E-state index < -0.39 is 17.5 Å². The van der Waals surface area contributed by atoms with Crippen molar-refractivity contribution >= 4 is 11.8 Å². The predicted molar refractivity (Wildman–Crippen MR) is 86.0 cm³/mol. The van der Waals surface area contributed by atoms with E-state index in [1.807, 2.05) is 0 Å². The fourth-order valence-electron chi connectivity index (χ4n) is 2.91. The van der Waals surface area contributed by atoms with Gasteiger partial charge in [0.25, 0.3) is 11.8 Å². The van der Waals surface area contributed by atoms with E-state index in [9.17, 15) is 18.4 Å². The lowest BCUT2D eigenvalue weighted by Crippen LogP contribution is -2.41. The Hall–Kier alpha value is -2.70. The molecule has 2 amide bonds. The van der Waals surface area contributed by atoms with Crippen molar-refractivity contribution in [3.8, 4) is 0 Å². The van der Waals surface area contributed by atoms with Crippen LogP contribution in [0, 0.1) is 17.6 Å². The number of benzene rings is 1. The summed E-state index contributed by atoms with van der Waals surface area (Å²) in [6.45, 7) is 1.58. The molecule has 2 heterocycles. The first-order valence-corrected chi connectivity index (χ1v) is 8.09. The van der Waals surface area contributed by atoms with Gasteiger partial charge in [0.15, 0.2) is 0 Å². The van der Waals surface area contributed by atoms with E-state index in [-0.39, 0.29) is 17.4 Å². The van der Waals surface area contributed by atoms with Crippen molar-refractivity contribution in [2.45, 2.75) is 12.8 Å². The highest BCUT2D eigenvalue weighted by Gasteiger charge is 2.24. The number of hydrogen-bond acceptors (Lipinski definition) is 3. The molecule has 1 aliphatic heterocycles. The number of carbonyl (C=O) groups is 2. The highest BCUT2D eigenvalue weighted by atomic mass is 19.1. The van der Waals surface area contributed by atoms with Crippen LogP contribution in [0.5, 0.6) is 0 Å². The summed E-state index contributed by atoms with van der Waals surface area (Å²) < 4.78 is 31.4. The predicted octanol–water partition coefficient (Wildman–Crippen LogP) is 2.84. The van der Waals surface area contributed by atoms with E-state index in [2.05, 4.69) is 5.32 Å². The third-order valence-corrected chi connectivity index (χ3v) is 4.40. The monoisotopic (exact) mass is 348 g/mol. The van der Waals surface area contributed by atoms with Gasteiger partial charge in [-0.05, 0) is 37.0 Å². The summed E-state index contributed by atoms with van der Waals surface area (Å²) in [7, 11) is 0. The van der Waals surface area contributed by atoms with Crippen molar-refractivity contribution in [2.24, 2.45) is 5.92 Å². The average molecular weight is 348 g/mol. The molecule has 1 fully saturated rings. The lowest BCUT2D eigenvalue weighted by Gasteiger charge is -2.31. The second kappa shape index (κ2) is 7.46. The Kier molecular flexibility index (Phi) is 5.11. The zero-order chi connectivity index (χ0) is 17.8. The molecule has 0 saturated carbocycles. The Morgan fingerprint density at radius 1 is 1.20 bits per heavy atom. The summed E-state index contributed by atoms with van der Waals surface area (Å²) in [5.41, 5.74) is 0.354. The average Bonchev–Trinajstić information content (AvgIpc) is 3.14. The first kappa shape index (κ1) is 17.1. The summed E-state index contributed by atoms with van der Waals surface area (Å²) >= 11 is 0. The third kappa shape index (κ3) is 4.04. The van der Waals surface area contributed by atoms with Crippen molar-refractivity contribution in [2.75, 3.05) is 19.6 Å². The smallest absolute Gasteiger partial charge is 0.257 e. The molecule has 0 unspecified atom stereocenters. The van der Waals surface area contributed by atoms with Crippen LogP contribution in [-0.2, 0) is 0 Å². The van der Waals surface area contributed by atoms with Crippen LogP contribution in [0.2, 0.25) is 0 Å². The van der Waals surface area contributed by atoms with Crippen LogP contribution < -0.4 is 5.32 Å². The molecule has 1 aromatic heterocycles. The molecule has 0 atom stereocenters. The summed E-state index contributed by atoms with van der Waals surface area (Å²) in [5, 5.41) is 2.68. The molecule has 7 heteroatoms. The van der Waals surface area contributed by atoms with E-state index in [0.29, 0.717) is 31.3 Å². The molecule has 2 aromatic rings. The van der Waals surface area contributed by atoms with Crippen molar-refractivity contribution < 1.29 is 22.8 Å². The summed E-state index contributed by atoms with van der Waals surface area (Å²) in [6, 6.07) is 4.50. The quantitative estimate of drug-likeness (QED) is 0.924. The molecule has 1 aliphatic rings. The Bertz CT molecular complexity index is 754. The van der Waals surface area contributed by atoms with Gasteiger partial charge in [0.05, 0.1) is 17.4 Å². The second-order valence-corrected chi connectivity index (χ2v) is 6.08. The van der Waals surface area contributed by atoms with Crippen LogP contribution >= 0.6 is 0 Å². The molecular weight excluding hydrogens is 330 g/mol. The first-order chi connectivity index (χ1) is 12.0. The zero-order valence-electron chi connectivity index (χ0n) is 13.5. The number of nitrogens with one attached hydrogen (secondary N) is 1. The number of amides is 2. The maximum atomic E-state index is 13.6. The van der Waals surface area contributed by atoms with Gasteiger partial charge in [-0.15, -0.1) is 0 Å². The highest BCUT2D eigenvalue weighted by molar-refractivity contribution is 5.94. The summed E-state index contributed by atoms with van der Waals surface area (Å²) in [6.07, 6.45) is 4.38. The lowest BCUT2D eigenvalue weighted by molar-refractivity contribution is 0.0683. The van der Waals surface area contributed by atoms with Gasteiger partial charge in [-0.25, -0.2) is 8.78 Å². The fraction of sp³-hybridized carbons (Fsp3) is 0.333. The Labute approximate surface area is 143 Å². The standard InChI is InChI=1S/C18H18F2N2O3/c19-14-1-2-15(16(20)9-14)17(23)21-10-12-3-6-22(7-4-12)18(24)13-5-8-25-11-13/h1-2,5,8-9,11-12H,3-4,6-7,10H2,(H,21,23). The third-order valence-electron chi connectivity index (χ3n) is 4.40. The molecule has 0 spiro atoms.